The van der Waals surface area contributed by atoms with E-state index >= 15 is 0 Å². The maximum absolute atomic E-state index is 13.2. The van der Waals surface area contributed by atoms with Crippen molar-refractivity contribution < 1.29 is 31.1 Å². The number of anilines is 1. The van der Waals surface area contributed by atoms with E-state index < -0.39 is 35.3 Å². The average Bonchev–Trinajstić information content (AvgIpc) is 2.77. The molecule has 0 N–H and O–H groups in total. The van der Waals surface area contributed by atoms with Gasteiger partial charge < -0.3 is 4.90 Å². The van der Waals surface area contributed by atoms with Crippen molar-refractivity contribution in [2.24, 2.45) is 5.92 Å². The van der Waals surface area contributed by atoms with E-state index in [-0.39, 0.29) is 18.1 Å². The molecule has 1 atom stereocenters. The van der Waals surface area contributed by atoms with Crippen molar-refractivity contribution >= 4 is 23.2 Å². The Balaban J connectivity index is 1.91. The highest BCUT2D eigenvalue weighted by Crippen LogP contribution is 2.38. The van der Waals surface area contributed by atoms with E-state index in [9.17, 15) is 31.1 Å². The number of hydrogen-bond acceptors (Lipinski definition) is 2. The molecule has 0 saturated carbocycles. The van der Waals surface area contributed by atoms with Crippen LogP contribution < -0.4 is 4.90 Å². The summed E-state index contributed by atoms with van der Waals surface area (Å²) in [7, 11) is 1.47. The Morgan fingerprint density at radius 2 is 1.56 bits per heavy atom. The topological polar surface area (TPSA) is 33.2 Å². The number of alkyl halides is 6. The van der Waals surface area contributed by atoms with Crippen LogP contribution >= 0.6 is 11.6 Å². The minimum atomic E-state index is -4.96. The van der Waals surface area contributed by atoms with Gasteiger partial charge in [0.15, 0.2) is 0 Å². The second-order valence-electron chi connectivity index (χ2n) is 7.79. The van der Waals surface area contributed by atoms with Gasteiger partial charge in [0.05, 0.1) is 16.8 Å². The predicted octanol–water partition coefficient (Wildman–Crippen LogP) is 7.28. The van der Waals surface area contributed by atoms with Gasteiger partial charge in [-0.2, -0.15) is 26.3 Å². The van der Waals surface area contributed by atoms with E-state index in [2.05, 4.69) is 4.98 Å². The third-order valence-electron chi connectivity index (χ3n) is 5.26. The second-order valence-corrected chi connectivity index (χ2v) is 8.20. The lowest BCUT2D eigenvalue weighted by Crippen LogP contribution is -2.33. The number of carbonyl (C=O) groups is 1. The van der Waals surface area contributed by atoms with Gasteiger partial charge >= 0.3 is 12.4 Å². The first-order valence-corrected chi connectivity index (χ1v) is 10.4. The lowest BCUT2D eigenvalue weighted by atomic mass is 9.95. The van der Waals surface area contributed by atoms with Crippen molar-refractivity contribution in [3.05, 3.63) is 82.6 Å². The lowest BCUT2D eigenvalue weighted by molar-refractivity contribution is -0.143. The van der Waals surface area contributed by atoms with Crippen LogP contribution in [0.3, 0.4) is 0 Å². The number of benzene rings is 2. The Morgan fingerprint density at radius 3 is 2.12 bits per heavy atom. The zero-order valence-corrected chi connectivity index (χ0v) is 18.8. The number of hydrogen-bond donors (Lipinski definition) is 0. The summed E-state index contributed by atoms with van der Waals surface area (Å²) in [6.45, 7) is 1.45. The van der Waals surface area contributed by atoms with E-state index in [1.165, 1.54) is 31.3 Å². The Hall–Kier alpha value is -3.07. The minimum absolute atomic E-state index is 0.0644. The third-order valence-corrected chi connectivity index (χ3v) is 5.59. The number of nitrogens with zero attached hydrogens (tertiary/aromatic N) is 2. The standard InChI is InChI=1S/C24H19ClF6N2O/c1-14(9-15-10-16(23(26,27)28)12-17(11-15)24(29,30)31)22(34)33(2)21-7-8-32-13-19(21)18-5-3-4-6-20(18)25/h3-8,10-14H,9H2,1-2H3. The van der Waals surface area contributed by atoms with Gasteiger partial charge in [-0.3, -0.25) is 9.78 Å². The predicted molar refractivity (Wildman–Crippen MR) is 117 cm³/mol. The van der Waals surface area contributed by atoms with Crippen LogP contribution in [-0.2, 0) is 23.6 Å². The Bertz CT molecular complexity index is 1160. The van der Waals surface area contributed by atoms with Gasteiger partial charge in [-0.15, -0.1) is 0 Å². The largest absolute Gasteiger partial charge is 0.416 e. The average molecular weight is 501 g/mol. The van der Waals surface area contributed by atoms with E-state index in [0.717, 1.165) is 0 Å². The molecule has 0 bridgehead atoms. The van der Waals surface area contributed by atoms with Crippen molar-refractivity contribution in [3.63, 3.8) is 0 Å². The van der Waals surface area contributed by atoms with Gasteiger partial charge in [0, 0.05) is 41.5 Å². The zero-order chi connectivity index (χ0) is 25.3. The van der Waals surface area contributed by atoms with Crippen LogP contribution in [0.4, 0.5) is 32.0 Å². The summed E-state index contributed by atoms with van der Waals surface area (Å²) in [4.78, 5) is 18.5. The SMILES string of the molecule is CC(Cc1cc(C(F)(F)F)cc(C(F)(F)F)c1)C(=O)N(C)c1ccncc1-c1ccccc1Cl. The first kappa shape index (κ1) is 25.6. The van der Waals surface area contributed by atoms with Crippen LogP contribution in [0.5, 0.6) is 0 Å². The third kappa shape index (κ3) is 5.70. The number of pyridine rings is 1. The lowest BCUT2D eigenvalue weighted by Gasteiger charge is -2.24. The van der Waals surface area contributed by atoms with Crippen LogP contribution in [0.15, 0.2) is 60.9 Å². The summed E-state index contributed by atoms with van der Waals surface area (Å²) in [5.41, 5.74) is -1.46. The van der Waals surface area contributed by atoms with Gasteiger partial charge in [-0.05, 0) is 42.3 Å². The van der Waals surface area contributed by atoms with Gasteiger partial charge in [0.1, 0.15) is 0 Å². The summed E-state index contributed by atoms with van der Waals surface area (Å²) in [5, 5.41) is 0.425. The maximum atomic E-state index is 13.2. The van der Waals surface area contributed by atoms with E-state index in [0.29, 0.717) is 34.0 Å². The molecule has 0 radical (unpaired) electrons. The molecule has 3 nitrogen and oxygen atoms in total. The van der Waals surface area contributed by atoms with Crippen molar-refractivity contribution in [2.75, 3.05) is 11.9 Å². The molecule has 0 spiro atoms. The summed E-state index contributed by atoms with van der Waals surface area (Å²) < 4.78 is 79.0. The van der Waals surface area contributed by atoms with Crippen LogP contribution in [0.1, 0.15) is 23.6 Å². The summed E-state index contributed by atoms with van der Waals surface area (Å²) in [6, 6.07) is 9.83. The molecule has 10 heteroatoms. The fraction of sp³-hybridized carbons (Fsp3) is 0.250. The van der Waals surface area contributed by atoms with Gasteiger partial charge in [0.25, 0.3) is 0 Å². The molecule has 0 fully saturated rings. The molecule has 1 unspecified atom stereocenters. The quantitative estimate of drug-likeness (QED) is 0.345. The molecule has 1 aromatic heterocycles. The molecule has 2 aromatic carbocycles. The Morgan fingerprint density at radius 1 is 0.971 bits per heavy atom. The number of rotatable bonds is 5. The maximum Gasteiger partial charge on any atom is 0.416 e. The number of amides is 1. The fourth-order valence-corrected chi connectivity index (χ4v) is 3.83. The Labute approximate surface area is 197 Å². The van der Waals surface area contributed by atoms with E-state index in [1.807, 2.05) is 0 Å². The van der Waals surface area contributed by atoms with Gasteiger partial charge in [-0.25, -0.2) is 0 Å². The molecule has 0 saturated heterocycles. The molecule has 0 aliphatic carbocycles. The summed E-state index contributed by atoms with van der Waals surface area (Å²) in [5.74, 6) is -1.41. The molecule has 3 rings (SSSR count). The van der Waals surface area contributed by atoms with Crippen LogP contribution in [0.25, 0.3) is 11.1 Å². The highest BCUT2D eigenvalue weighted by atomic mass is 35.5. The van der Waals surface area contributed by atoms with E-state index in [1.54, 1.807) is 30.3 Å². The molecule has 0 aliphatic rings. The number of aromatic nitrogens is 1. The normalized spacial score (nSPS) is 13.0. The van der Waals surface area contributed by atoms with Crippen molar-refractivity contribution in [1.29, 1.82) is 0 Å². The number of halogens is 7. The Kier molecular flexibility index (Phi) is 7.26. The highest BCUT2D eigenvalue weighted by Gasteiger charge is 2.37. The van der Waals surface area contributed by atoms with Gasteiger partial charge in [-0.1, -0.05) is 36.7 Å². The first-order valence-electron chi connectivity index (χ1n) is 10.0. The van der Waals surface area contributed by atoms with Crippen LogP contribution in [0, 0.1) is 5.92 Å². The molecule has 0 aliphatic heterocycles. The molecular formula is C24H19ClF6N2O. The minimum Gasteiger partial charge on any atom is -0.315 e. The molecule has 180 valence electrons. The molecular weight excluding hydrogens is 482 g/mol. The highest BCUT2D eigenvalue weighted by molar-refractivity contribution is 6.33. The van der Waals surface area contributed by atoms with Gasteiger partial charge in [0.2, 0.25) is 5.91 Å². The molecule has 3 aromatic rings. The second kappa shape index (κ2) is 9.66. The number of carbonyl (C=O) groups excluding carboxylic acids is 1. The monoisotopic (exact) mass is 500 g/mol. The fourth-order valence-electron chi connectivity index (χ4n) is 3.59. The van der Waals surface area contributed by atoms with Crippen LogP contribution in [-0.4, -0.2) is 17.9 Å². The zero-order valence-electron chi connectivity index (χ0n) is 18.0. The summed E-state index contributed by atoms with van der Waals surface area (Å²) >= 11 is 6.27. The van der Waals surface area contributed by atoms with Crippen molar-refractivity contribution in [2.45, 2.75) is 25.7 Å². The molecule has 34 heavy (non-hydrogen) atoms. The molecule has 1 heterocycles. The van der Waals surface area contributed by atoms with Crippen LogP contribution in [0.2, 0.25) is 5.02 Å². The summed E-state index contributed by atoms with van der Waals surface area (Å²) in [6.07, 6.45) is -7.25. The smallest absolute Gasteiger partial charge is 0.315 e. The molecule has 1 amide bonds. The van der Waals surface area contributed by atoms with E-state index in [4.69, 9.17) is 11.6 Å². The van der Waals surface area contributed by atoms with Crippen molar-refractivity contribution in [3.8, 4) is 11.1 Å². The first-order chi connectivity index (χ1) is 15.8. The van der Waals surface area contributed by atoms with Crippen molar-refractivity contribution in [1.82, 2.24) is 4.98 Å².